The van der Waals surface area contributed by atoms with Crippen LogP contribution < -0.4 is 21.7 Å². The molecular formula is C60H104N4O11S. The molecule has 0 aliphatic heterocycles. The molecule has 0 unspecified atom stereocenters. The monoisotopic (exact) mass is 1090 g/mol. The van der Waals surface area contributed by atoms with Crippen LogP contribution in [0.3, 0.4) is 0 Å². The van der Waals surface area contributed by atoms with E-state index in [2.05, 4.69) is 29.8 Å². The van der Waals surface area contributed by atoms with E-state index >= 15 is 0 Å². The van der Waals surface area contributed by atoms with Crippen molar-refractivity contribution in [2.24, 2.45) is 5.73 Å². The van der Waals surface area contributed by atoms with Crippen molar-refractivity contribution in [3.8, 4) is 0 Å². The molecular weight excluding hydrogens is 985 g/mol. The lowest BCUT2D eigenvalue weighted by molar-refractivity contribution is -0.158. The number of ether oxygens (including phenoxy) is 4. The van der Waals surface area contributed by atoms with Gasteiger partial charge in [-0.1, -0.05) is 168 Å². The van der Waals surface area contributed by atoms with Gasteiger partial charge in [0.2, 0.25) is 11.8 Å². The highest BCUT2D eigenvalue weighted by Gasteiger charge is 2.29. The normalized spacial score (nSPS) is 12.8. The van der Waals surface area contributed by atoms with E-state index in [4.69, 9.17) is 24.7 Å². The van der Waals surface area contributed by atoms with Crippen LogP contribution in [0.1, 0.15) is 258 Å². The van der Waals surface area contributed by atoms with Crippen molar-refractivity contribution < 1.29 is 52.5 Å². The smallest absolute Gasteiger partial charge is 0.329 e. The largest absolute Gasteiger partial charge is 0.462 e. The highest BCUT2D eigenvalue weighted by atomic mass is 32.2. The minimum Gasteiger partial charge on any atom is -0.462 e. The lowest BCUT2D eigenvalue weighted by Gasteiger charge is -2.25. The molecule has 16 heteroatoms. The molecule has 0 spiro atoms. The van der Waals surface area contributed by atoms with E-state index in [1.165, 1.54) is 158 Å². The Morgan fingerprint density at radius 3 is 1.46 bits per heavy atom. The number of nitrogens with one attached hydrogen (secondary N) is 3. The number of rotatable bonds is 45. The number of nitrogens with two attached hydrogens (primary N) is 1. The van der Waals surface area contributed by atoms with Gasteiger partial charge in [-0.2, -0.15) is 11.8 Å². The third-order valence-corrected chi connectivity index (χ3v) is 13.7. The van der Waals surface area contributed by atoms with Gasteiger partial charge in [-0.15, -0.1) is 0 Å². The molecule has 1 aromatic carbocycles. The van der Waals surface area contributed by atoms with Crippen molar-refractivity contribution in [1.82, 2.24) is 10.6 Å². The molecule has 76 heavy (non-hydrogen) atoms. The van der Waals surface area contributed by atoms with Gasteiger partial charge >= 0.3 is 23.9 Å². The molecule has 0 bridgehead atoms. The molecule has 0 radical (unpaired) electrons. The summed E-state index contributed by atoms with van der Waals surface area (Å²) >= 11 is 1.30. The average Bonchev–Trinajstić information content (AvgIpc) is 3.35. The predicted octanol–water partition coefficient (Wildman–Crippen LogP) is 12.8. The van der Waals surface area contributed by atoms with Crippen LogP contribution in [0, 0.1) is 0 Å². The summed E-state index contributed by atoms with van der Waals surface area (Å²) in [6.45, 7) is 14.4. The molecule has 0 aromatic heterocycles. The molecule has 1 rings (SSSR count). The summed E-state index contributed by atoms with van der Waals surface area (Å²) in [6.07, 6.45) is 31.2. The summed E-state index contributed by atoms with van der Waals surface area (Å²) in [6, 6.07) is 3.82. The molecule has 3 atom stereocenters. The summed E-state index contributed by atoms with van der Waals surface area (Å²) in [5.74, 6) is -3.13. The van der Waals surface area contributed by atoms with Crippen LogP contribution in [0.2, 0.25) is 0 Å². The second-order valence-corrected chi connectivity index (χ2v) is 23.5. The fraction of sp³-hybridized carbons (Fsp3) is 0.783. The zero-order chi connectivity index (χ0) is 56.5. The van der Waals surface area contributed by atoms with Gasteiger partial charge in [0, 0.05) is 42.0 Å². The van der Waals surface area contributed by atoms with Crippen molar-refractivity contribution in [2.45, 2.75) is 277 Å². The van der Waals surface area contributed by atoms with E-state index in [0.717, 1.165) is 44.9 Å². The van der Waals surface area contributed by atoms with Crippen LogP contribution in [-0.4, -0.2) is 95.6 Å². The summed E-state index contributed by atoms with van der Waals surface area (Å²) in [4.78, 5) is 90.0. The van der Waals surface area contributed by atoms with E-state index in [0.29, 0.717) is 12.1 Å². The Kier molecular flexibility index (Phi) is 39.3. The number of unbranched alkanes of at least 4 members (excludes halogenated alkanes) is 24. The topological polar surface area (TPSA) is 219 Å². The van der Waals surface area contributed by atoms with E-state index in [9.17, 15) is 33.6 Å². The first-order valence-corrected chi connectivity index (χ1v) is 30.5. The van der Waals surface area contributed by atoms with Crippen LogP contribution in [0.15, 0.2) is 24.3 Å². The maximum atomic E-state index is 13.2. The molecule has 5 N–H and O–H groups in total. The quantitative estimate of drug-likeness (QED) is 0.0272. The number of amides is 3. The van der Waals surface area contributed by atoms with Crippen molar-refractivity contribution >= 4 is 59.0 Å². The average molecular weight is 1090 g/mol. The van der Waals surface area contributed by atoms with E-state index in [-0.39, 0.29) is 61.4 Å². The SMILES string of the molecule is CCCCCCCCCCCCCCCC(=O)OC[C@H](CSC[C@H](N)C(=O)NCC(=O)Nc1ccc(C(=O)N[C@@H](CCC(=O)OC(C)(C)C)C(=O)OC(C)(C)C)cc1)OC(=O)CCCCCCCCCCCCCCC. The van der Waals surface area contributed by atoms with Gasteiger partial charge in [-0.3, -0.25) is 28.8 Å². The van der Waals surface area contributed by atoms with Gasteiger partial charge in [0.1, 0.15) is 30.0 Å². The maximum absolute atomic E-state index is 13.2. The zero-order valence-corrected chi connectivity index (χ0v) is 49.4. The van der Waals surface area contributed by atoms with Gasteiger partial charge in [0.05, 0.1) is 12.6 Å². The molecule has 436 valence electrons. The number of thioether (sulfide) groups is 1. The predicted molar refractivity (Wildman–Crippen MR) is 307 cm³/mol. The van der Waals surface area contributed by atoms with Gasteiger partial charge < -0.3 is 40.6 Å². The van der Waals surface area contributed by atoms with Crippen LogP contribution >= 0.6 is 11.8 Å². The first-order chi connectivity index (χ1) is 36.2. The van der Waals surface area contributed by atoms with Gasteiger partial charge in [0.15, 0.2) is 0 Å². The Bertz CT molecular complexity index is 1760. The lowest BCUT2D eigenvalue weighted by atomic mass is 10.0. The Labute approximate surface area is 463 Å². The minimum atomic E-state index is -1.12. The van der Waals surface area contributed by atoms with Crippen molar-refractivity contribution in [3.05, 3.63) is 29.8 Å². The standard InChI is InChI=1S/C60H104N4O11S/c1-9-11-13-15-17-19-21-23-25-27-29-31-33-35-53(66)72-44-49(73-54(67)36-34-32-30-28-26-24-22-20-18-16-14-12-10-2)45-76-46-50(61)57(70)62-43-52(65)63-48-39-37-47(38-40-48)56(69)64-51(58(71)75-60(6,7)8)41-42-55(68)74-59(3,4)5/h37-40,49-51H,9-36,41-46,61H2,1-8H3,(H,62,70)(H,63,65)(H,64,69)/t49-,50+,51+/m1/s1. The highest BCUT2D eigenvalue weighted by Crippen LogP contribution is 2.19. The third-order valence-electron chi connectivity index (χ3n) is 12.5. The number of anilines is 1. The first-order valence-electron chi connectivity index (χ1n) is 29.3. The number of hydrogen-bond acceptors (Lipinski definition) is 13. The third kappa shape index (κ3) is 40.1. The number of esters is 4. The lowest BCUT2D eigenvalue weighted by Crippen LogP contribution is -2.45. The number of carbonyl (C=O) groups excluding carboxylic acids is 7. The molecule has 0 fully saturated rings. The Morgan fingerprint density at radius 1 is 0.553 bits per heavy atom. The summed E-state index contributed by atoms with van der Waals surface area (Å²) in [5.41, 5.74) is 5.21. The molecule has 1 aromatic rings. The van der Waals surface area contributed by atoms with Crippen molar-refractivity contribution in [2.75, 3.05) is 30.0 Å². The number of carbonyl (C=O) groups is 7. The Morgan fingerprint density at radius 2 is 1.00 bits per heavy atom. The van der Waals surface area contributed by atoms with Crippen molar-refractivity contribution in [1.29, 1.82) is 0 Å². The maximum Gasteiger partial charge on any atom is 0.329 e. The number of hydrogen-bond donors (Lipinski definition) is 4. The Hall–Kier alpha value is -4.18. The zero-order valence-electron chi connectivity index (χ0n) is 48.6. The Balaban J connectivity index is 2.63. The second-order valence-electron chi connectivity index (χ2n) is 22.5. The van der Waals surface area contributed by atoms with E-state index in [1.807, 2.05) is 0 Å². The van der Waals surface area contributed by atoms with Gasteiger partial charge in [-0.05, 0) is 85.1 Å². The van der Waals surface area contributed by atoms with E-state index < -0.39 is 59.0 Å². The molecule has 0 aliphatic carbocycles. The fourth-order valence-electron chi connectivity index (χ4n) is 8.32. The van der Waals surface area contributed by atoms with E-state index in [1.54, 1.807) is 41.5 Å². The molecule has 0 aliphatic rings. The highest BCUT2D eigenvalue weighted by molar-refractivity contribution is 7.99. The fourth-order valence-corrected chi connectivity index (χ4v) is 9.29. The molecule has 3 amide bonds. The first kappa shape index (κ1) is 69.8. The van der Waals surface area contributed by atoms with Crippen LogP contribution in [0.5, 0.6) is 0 Å². The summed E-state index contributed by atoms with van der Waals surface area (Å²) in [5, 5.41) is 7.86. The number of benzene rings is 1. The molecule has 15 nitrogen and oxygen atoms in total. The molecule has 0 saturated carbocycles. The van der Waals surface area contributed by atoms with Crippen LogP contribution in [0.25, 0.3) is 0 Å². The minimum absolute atomic E-state index is 0.0377. The van der Waals surface area contributed by atoms with Gasteiger partial charge in [-0.25, -0.2) is 4.79 Å². The summed E-state index contributed by atoms with van der Waals surface area (Å²) < 4.78 is 22.3. The molecule has 0 heterocycles. The van der Waals surface area contributed by atoms with Crippen molar-refractivity contribution in [3.63, 3.8) is 0 Å². The summed E-state index contributed by atoms with van der Waals surface area (Å²) in [7, 11) is 0. The molecule has 0 saturated heterocycles. The second kappa shape index (κ2) is 42.8. The van der Waals surface area contributed by atoms with Crippen LogP contribution in [-0.2, 0) is 47.7 Å². The van der Waals surface area contributed by atoms with Crippen LogP contribution in [0.4, 0.5) is 5.69 Å². The van der Waals surface area contributed by atoms with Gasteiger partial charge in [0.25, 0.3) is 5.91 Å².